The van der Waals surface area contributed by atoms with Gasteiger partial charge >= 0.3 is 0 Å². The highest BCUT2D eigenvalue weighted by atomic mass is 16.2. The number of benzene rings is 3. The van der Waals surface area contributed by atoms with Gasteiger partial charge in [-0.2, -0.15) is 0 Å². The van der Waals surface area contributed by atoms with Crippen LogP contribution < -0.4 is 5.32 Å². The Morgan fingerprint density at radius 3 is 1.90 bits per heavy atom. The number of nitrogens with zero attached hydrogens (tertiary/aromatic N) is 1. The van der Waals surface area contributed by atoms with Crippen LogP contribution in [0.25, 0.3) is 0 Å². The molecule has 3 rings (SSSR count). The topological polar surface area (TPSA) is 49.4 Å². The summed E-state index contributed by atoms with van der Waals surface area (Å²) in [5, 5.41) is 2.97. The normalized spacial score (nSPS) is 11.5. The zero-order valence-electron chi connectivity index (χ0n) is 16.6. The second kappa shape index (κ2) is 10.2. The Balaban J connectivity index is 1.67. The molecule has 0 radical (unpaired) electrons. The lowest BCUT2D eigenvalue weighted by Gasteiger charge is -2.29. The maximum Gasteiger partial charge on any atom is 0.253 e. The standard InChI is InChI=1S/C25H26N2O2/c1-27(25(29)22-15-9-4-10-16-22)23(19-20-11-5-2-6-12-20)17-18-26-24(28)21-13-7-3-8-14-21/h2-16,23H,17-19H2,1H3,(H,26,28). The van der Waals surface area contributed by atoms with Crippen LogP contribution in [0, 0.1) is 0 Å². The number of hydrogen-bond donors (Lipinski definition) is 1. The second-order valence-corrected chi connectivity index (χ2v) is 7.04. The van der Waals surface area contributed by atoms with E-state index in [0.717, 1.165) is 6.42 Å². The van der Waals surface area contributed by atoms with Gasteiger partial charge < -0.3 is 10.2 Å². The molecule has 148 valence electrons. The van der Waals surface area contributed by atoms with Gasteiger partial charge in [-0.15, -0.1) is 0 Å². The SMILES string of the molecule is CN(C(=O)c1ccccc1)C(CCNC(=O)c1ccccc1)Cc1ccccc1. The third-order valence-corrected chi connectivity index (χ3v) is 5.00. The maximum atomic E-state index is 12.9. The largest absolute Gasteiger partial charge is 0.352 e. The fourth-order valence-electron chi connectivity index (χ4n) is 3.31. The Morgan fingerprint density at radius 1 is 0.793 bits per heavy atom. The van der Waals surface area contributed by atoms with Crippen molar-refractivity contribution < 1.29 is 9.59 Å². The lowest BCUT2D eigenvalue weighted by molar-refractivity contribution is 0.0723. The van der Waals surface area contributed by atoms with Gasteiger partial charge in [0.1, 0.15) is 0 Å². The first-order chi connectivity index (χ1) is 14.1. The summed E-state index contributed by atoms with van der Waals surface area (Å²) in [5.74, 6) is -0.109. The van der Waals surface area contributed by atoms with Gasteiger partial charge in [-0.1, -0.05) is 66.7 Å². The van der Waals surface area contributed by atoms with E-state index in [4.69, 9.17) is 0 Å². The van der Waals surface area contributed by atoms with Crippen molar-refractivity contribution in [2.24, 2.45) is 0 Å². The molecule has 3 aromatic carbocycles. The first-order valence-corrected chi connectivity index (χ1v) is 9.84. The van der Waals surface area contributed by atoms with E-state index in [1.807, 2.05) is 73.8 Å². The van der Waals surface area contributed by atoms with E-state index in [-0.39, 0.29) is 17.9 Å². The van der Waals surface area contributed by atoms with Gasteiger partial charge in [0.25, 0.3) is 11.8 Å². The molecule has 0 saturated carbocycles. The third kappa shape index (κ3) is 5.79. The van der Waals surface area contributed by atoms with Crippen LogP contribution in [-0.4, -0.2) is 36.3 Å². The monoisotopic (exact) mass is 386 g/mol. The number of rotatable bonds is 8. The number of carbonyl (C=O) groups excluding carboxylic acids is 2. The smallest absolute Gasteiger partial charge is 0.253 e. The first kappa shape index (κ1) is 20.3. The van der Waals surface area contributed by atoms with Crippen LogP contribution >= 0.6 is 0 Å². The molecule has 0 aliphatic carbocycles. The quantitative estimate of drug-likeness (QED) is 0.631. The van der Waals surface area contributed by atoms with Gasteiger partial charge in [0.05, 0.1) is 0 Å². The summed E-state index contributed by atoms with van der Waals surface area (Å²) < 4.78 is 0. The number of nitrogens with one attached hydrogen (secondary N) is 1. The number of amides is 2. The molecular weight excluding hydrogens is 360 g/mol. The number of carbonyl (C=O) groups is 2. The lowest BCUT2D eigenvalue weighted by Crippen LogP contribution is -2.41. The Hall–Kier alpha value is -3.40. The van der Waals surface area contributed by atoms with Crippen molar-refractivity contribution in [1.29, 1.82) is 0 Å². The van der Waals surface area contributed by atoms with E-state index in [9.17, 15) is 9.59 Å². The minimum Gasteiger partial charge on any atom is -0.352 e. The molecule has 0 saturated heterocycles. The molecule has 0 aliphatic heterocycles. The predicted molar refractivity (Wildman–Crippen MR) is 116 cm³/mol. The summed E-state index contributed by atoms with van der Waals surface area (Å²) in [6.45, 7) is 0.498. The van der Waals surface area contributed by atoms with Crippen molar-refractivity contribution in [3.05, 3.63) is 108 Å². The van der Waals surface area contributed by atoms with Crippen molar-refractivity contribution in [1.82, 2.24) is 10.2 Å². The fourth-order valence-corrected chi connectivity index (χ4v) is 3.31. The molecule has 29 heavy (non-hydrogen) atoms. The van der Waals surface area contributed by atoms with E-state index in [1.54, 1.807) is 17.0 Å². The molecule has 1 N–H and O–H groups in total. The average molecular weight is 386 g/mol. The van der Waals surface area contributed by atoms with Crippen LogP contribution in [0.4, 0.5) is 0 Å². The van der Waals surface area contributed by atoms with Gasteiger partial charge in [0.15, 0.2) is 0 Å². The Labute approximate surface area is 172 Å². The Morgan fingerprint density at radius 2 is 1.31 bits per heavy atom. The summed E-state index contributed by atoms with van der Waals surface area (Å²) in [6.07, 6.45) is 1.40. The van der Waals surface area contributed by atoms with Crippen molar-refractivity contribution in [3.63, 3.8) is 0 Å². The van der Waals surface area contributed by atoms with Gasteiger partial charge in [-0.05, 0) is 42.7 Å². The fraction of sp³-hybridized carbons (Fsp3) is 0.200. The van der Waals surface area contributed by atoms with E-state index >= 15 is 0 Å². The van der Waals surface area contributed by atoms with Crippen molar-refractivity contribution >= 4 is 11.8 Å². The summed E-state index contributed by atoms with van der Waals surface area (Å²) in [5.41, 5.74) is 2.47. The highest BCUT2D eigenvalue weighted by Gasteiger charge is 2.21. The Bertz CT molecular complexity index is 911. The molecule has 0 heterocycles. The minimum absolute atomic E-state index is 0.0130. The average Bonchev–Trinajstić information content (AvgIpc) is 2.79. The van der Waals surface area contributed by atoms with Gasteiger partial charge in [0, 0.05) is 30.8 Å². The molecule has 4 heteroatoms. The van der Waals surface area contributed by atoms with E-state index in [1.165, 1.54) is 5.56 Å². The zero-order valence-corrected chi connectivity index (χ0v) is 16.6. The zero-order chi connectivity index (χ0) is 20.5. The summed E-state index contributed by atoms with van der Waals surface area (Å²) in [7, 11) is 1.84. The second-order valence-electron chi connectivity index (χ2n) is 7.04. The minimum atomic E-state index is -0.0962. The van der Waals surface area contributed by atoms with Crippen molar-refractivity contribution in [2.45, 2.75) is 18.9 Å². The maximum absolute atomic E-state index is 12.9. The molecule has 0 fully saturated rings. The number of likely N-dealkylation sites (N-methyl/N-ethyl adjacent to an activating group) is 1. The molecule has 0 aromatic heterocycles. The molecule has 1 atom stereocenters. The first-order valence-electron chi connectivity index (χ1n) is 9.84. The molecule has 2 amide bonds. The Kier molecular flexibility index (Phi) is 7.17. The lowest BCUT2D eigenvalue weighted by atomic mass is 10.0. The van der Waals surface area contributed by atoms with Crippen LogP contribution in [0.15, 0.2) is 91.0 Å². The van der Waals surface area contributed by atoms with Crippen LogP contribution in [0.2, 0.25) is 0 Å². The van der Waals surface area contributed by atoms with Gasteiger partial charge in [-0.3, -0.25) is 9.59 Å². The van der Waals surface area contributed by atoms with E-state index in [2.05, 4.69) is 17.4 Å². The summed E-state index contributed by atoms with van der Waals surface area (Å²) in [6, 6.07) is 28.6. The van der Waals surface area contributed by atoms with Crippen molar-refractivity contribution in [3.8, 4) is 0 Å². The molecule has 3 aromatic rings. The van der Waals surface area contributed by atoms with Crippen LogP contribution in [0.3, 0.4) is 0 Å². The molecular formula is C25H26N2O2. The van der Waals surface area contributed by atoms with E-state index in [0.29, 0.717) is 24.1 Å². The van der Waals surface area contributed by atoms with E-state index < -0.39 is 0 Å². The highest BCUT2D eigenvalue weighted by molar-refractivity contribution is 5.94. The van der Waals surface area contributed by atoms with Crippen LogP contribution in [0.1, 0.15) is 32.7 Å². The summed E-state index contributed by atoms with van der Waals surface area (Å²) >= 11 is 0. The van der Waals surface area contributed by atoms with Gasteiger partial charge in [-0.25, -0.2) is 0 Å². The molecule has 4 nitrogen and oxygen atoms in total. The summed E-state index contributed by atoms with van der Waals surface area (Å²) in [4.78, 5) is 27.0. The molecule has 0 bridgehead atoms. The molecule has 0 spiro atoms. The third-order valence-electron chi connectivity index (χ3n) is 5.00. The highest BCUT2D eigenvalue weighted by Crippen LogP contribution is 2.14. The van der Waals surface area contributed by atoms with Crippen molar-refractivity contribution in [2.75, 3.05) is 13.6 Å². The van der Waals surface area contributed by atoms with Crippen LogP contribution in [0.5, 0.6) is 0 Å². The predicted octanol–water partition coefficient (Wildman–Crippen LogP) is 4.19. The molecule has 0 aliphatic rings. The van der Waals surface area contributed by atoms with Gasteiger partial charge in [0.2, 0.25) is 0 Å². The number of hydrogen-bond acceptors (Lipinski definition) is 2. The molecule has 1 unspecified atom stereocenters. The van der Waals surface area contributed by atoms with Crippen LogP contribution in [-0.2, 0) is 6.42 Å².